The molecule has 0 saturated carbocycles. The molecule has 0 spiro atoms. The molecule has 0 fully saturated rings. The number of methoxy groups -OCH3 is 1. The molecule has 7 heteroatoms. The number of carbonyl (C=O) groups is 1. The summed E-state index contributed by atoms with van der Waals surface area (Å²) in [7, 11) is 2.94. The Balaban J connectivity index is 2.14. The molecule has 0 bridgehead atoms. The van der Waals surface area contributed by atoms with E-state index in [1.54, 1.807) is 13.1 Å². The van der Waals surface area contributed by atoms with Crippen LogP contribution in [0.15, 0.2) is 35.6 Å². The van der Waals surface area contributed by atoms with Crippen LogP contribution in [0, 0.1) is 0 Å². The van der Waals surface area contributed by atoms with Gasteiger partial charge in [0.25, 0.3) is 5.91 Å². The van der Waals surface area contributed by atoms with Crippen LogP contribution in [-0.4, -0.2) is 37.2 Å². The molecule has 1 amide bonds. The van der Waals surface area contributed by atoms with Gasteiger partial charge in [-0.1, -0.05) is 31.9 Å². The number of carbonyl (C=O) groups excluding carboxylic acids is 2. The largest absolute Gasteiger partial charge is 0.495 e. The normalized spacial score (nSPS) is 16.2. The minimum Gasteiger partial charge on any atom is -0.495 e. The van der Waals surface area contributed by atoms with E-state index >= 15 is 0 Å². The molecule has 7 nitrogen and oxygen atoms in total. The fourth-order valence-corrected chi connectivity index (χ4v) is 3.52. The predicted molar refractivity (Wildman–Crippen MR) is 105 cm³/mol. The van der Waals surface area contributed by atoms with Gasteiger partial charge in [-0.2, -0.15) is 0 Å². The quantitative estimate of drug-likeness (QED) is 0.414. The molecular formula is C21H24N2O5. The summed E-state index contributed by atoms with van der Waals surface area (Å²) < 4.78 is 11.2. The molecule has 28 heavy (non-hydrogen) atoms. The van der Waals surface area contributed by atoms with E-state index in [1.165, 1.54) is 7.11 Å². The summed E-state index contributed by atoms with van der Waals surface area (Å²) in [6, 6.07) is 7.63. The molecule has 148 valence electrons. The number of hydroxylamine groups is 1. The third-order valence-electron chi connectivity index (χ3n) is 4.79. The van der Waals surface area contributed by atoms with Gasteiger partial charge in [-0.25, -0.2) is 10.3 Å². The summed E-state index contributed by atoms with van der Waals surface area (Å²) in [5, 5.41) is 0.934. The minimum atomic E-state index is -0.542. The van der Waals surface area contributed by atoms with Crippen molar-refractivity contribution in [3.63, 3.8) is 0 Å². The third kappa shape index (κ3) is 3.67. The second kappa shape index (κ2) is 8.78. The smallest absolute Gasteiger partial charge is 0.279 e. The lowest BCUT2D eigenvalue weighted by Gasteiger charge is -2.13. The maximum atomic E-state index is 12.6. The standard InChI is InChI=1S/C21H24N2O5/c1-4-5-6-9-15-18(19(17(12-24)28-15)21(25)23-27-3)14-11-13-8-7-10-16(26-2)20(13)22-14/h7-8,10-11,15,22H,4-6,9H2,1-3H3,(H,23,25). The molecule has 0 saturated heterocycles. The number of nitrogens with one attached hydrogen (secondary N) is 2. The maximum Gasteiger partial charge on any atom is 0.279 e. The molecular weight excluding hydrogens is 360 g/mol. The fraction of sp³-hybridized carbons (Fsp3) is 0.381. The number of H-pyrrole nitrogens is 1. The maximum absolute atomic E-state index is 12.6. The van der Waals surface area contributed by atoms with E-state index < -0.39 is 12.0 Å². The average molecular weight is 384 g/mol. The molecule has 1 atom stereocenters. The summed E-state index contributed by atoms with van der Waals surface area (Å²) in [4.78, 5) is 32.2. The van der Waals surface area contributed by atoms with Gasteiger partial charge in [-0.05, 0) is 25.0 Å². The number of rotatable bonds is 8. The Bertz CT molecular complexity index is 953. The number of aromatic nitrogens is 1. The van der Waals surface area contributed by atoms with E-state index in [0.29, 0.717) is 23.4 Å². The molecule has 2 aromatic rings. The highest BCUT2D eigenvalue weighted by molar-refractivity contribution is 6.08. The Kier molecular flexibility index (Phi) is 6.19. The van der Waals surface area contributed by atoms with Crippen molar-refractivity contribution in [1.29, 1.82) is 0 Å². The first-order valence-corrected chi connectivity index (χ1v) is 9.30. The van der Waals surface area contributed by atoms with E-state index in [0.717, 1.165) is 30.2 Å². The van der Waals surface area contributed by atoms with E-state index in [-0.39, 0.29) is 11.3 Å². The van der Waals surface area contributed by atoms with Crippen molar-refractivity contribution in [1.82, 2.24) is 10.5 Å². The number of fused-ring (bicyclic) bond motifs is 1. The van der Waals surface area contributed by atoms with Gasteiger partial charge in [0.1, 0.15) is 17.4 Å². The van der Waals surface area contributed by atoms with Crippen molar-refractivity contribution in [2.24, 2.45) is 0 Å². The number of hydrogen-bond donors (Lipinski definition) is 2. The third-order valence-corrected chi connectivity index (χ3v) is 4.79. The van der Waals surface area contributed by atoms with Crippen molar-refractivity contribution < 1.29 is 23.9 Å². The van der Waals surface area contributed by atoms with E-state index in [4.69, 9.17) is 14.3 Å². The first-order chi connectivity index (χ1) is 13.6. The van der Waals surface area contributed by atoms with Crippen LogP contribution in [0.5, 0.6) is 5.75 Å². The Labute approximate surface area is 163 Å². The minimum absolute atomic E-state index is 0.100. The second-order valence-corrected chi connectivity index (χ2v) is 6.56. The number of benzene rings is 1. The number of aromatic amines is 1. The van der Waals surface area contributed by atoms with Crippen molar-refractivity contribution in [2.75, 3.05) is 14.2 Å². The average Bonchev–Trinajstić information content (AvgIpc) is 3.29. The van der Waals surface area contributed by atoms with Crippen molar-refractivity contribution in [3.8, 4) is 5.75 Å². The molecule has 3 rings (SSSR count). The van der Waals surface area contributed by atoms with Crippen molar-refractivity contribution in [2.45, 2.75) is 38.7 Å². The molecule has 1 aromatic carbocycles. The summed E-state index contributed by atoms with van der Waals surface area (Å²) in [5.74, 6) is 1.81. The van der Waals surface area contributed by atoms with Crippen LogP contribution in [0.3, 0.4) is 0 Å². The van der Waals surface area contributed by atoms with Crippen molar-refractivity contribution in [3.05, 3.63) is 41.3 Å². The molecule has 2 N–H and O–H groups in total. The Hall–Kier alpha value is -3.02. The molecule has 0 radical (unpaired) electrons. The molecule has 2 heterocycles. The lowest BCUT2D eigenvalue weighted by molar-refractivity contribution is -0.127. The second-order valence-electron chi connectivity index (χ2n) is 6.56. The highest BCUT2D eigenvalue weighted by Crippen LogP contribution is 2.40. The fourth-order valence-electron chi connectivity index (χ4n) is 3.52. The van der Waals surface area contributed by atoms with Gasteiger partial charge in [0.05, 0.1) is 19.7 Å². The predicted octanol–water partition coefficient (Wildman–Crippen LogP) is 3.30. The van der Waals surface area contributed by atoms with Gasteiger partial charge >= 0.3 is 0 Å². The van der Waals surface area contributed by atoms with Crippen LogP contribution in [0.1, 0.15) is 38.3 Å². The molecule has 1 aromatic heterocycles. The van der Waals surface area contributed by atoms with E-state index in [9.17, 15) is 9.59 Å². The summed E-state index contributed by atoms with van der Waals surface area (Å²) in [5.41, 5.74) is 4.57. The summed E-state index contributed by atoms with van der Waals surface area (Å²) in [6.45, 7) is 2.12. The zero-order chi connectivity index (χ0) is 20.1. The molecule has 1 aliphatic rings. The molecule has 1 aliphatic heterocycles. The van der Waals surface area contributed by atoms with Gasteiger partial charge in [-0.3, -0.25) is 9.63 Å². The van der Waals surface area contributed by atoms with Crippen LogP contribution >= 0.6 is 0 Å². The molecule has 0 aliphatic carbocycles. The zero-order valence-electron chi connectivity index (χ0n) is 16.3. The number of para-hydroxylation sites is 1. The van der Waals surface area contributed by atoms with Crippen LogP contribution in [0.25, 0.3) is 16.5 Å². The number of amides is 1. The number of hydrogen-bond acceptors (Lipinski definition) is 5. The van der Waals surface area contributed by atoms with Crippen LogP contribution in [0.4, 0.5) is 0 Å². The first-order valence-electron chi connectivity index (χ1n) is 9.30. The Morgan fingerprint density at radius 3 is 2.82 bits per heavy atom. The number of unbranched alkanes of at least 4 members (excludes halogenated alkanes) is 2. The highest BCUT2D eigenvalue weighted by Gasteiger charge is 2.37. The Morgan fingerprint density at radius 1 is 1.32 bits per heavy atom. The molecule has 1 unspecified atom stereocenters. The zero-order valence-corrected chi connectivity index (χ0v) is 16.3. The number of ether oxygens (including phenoxy) is 2. The lowest BCUT2D eigenvalue weighted by Crippen LogP contribution is -2.24. The Morgan fingerprint density at radius 2 is 2.14 bits per heavy atom. The van der Waals surface area contributed by atoms with Crippen molar-refractivity contribution >= 4 is 28.3 Å². The van der Waals surface area contributed by atoms with Gasteiger partial charge < -0.3 is 14.5 Å². The van der Waals surface area contributed by atoms with E-state index in [2.05, 4.69) is 17.4 Å². The topological polar surface area (TPSA) is 89.7 Å². The van der Waals surface area contributed by atoms with Crippen LogP contribution in [0.2, 0.25) is 0 Å². The van der Waals surface area contributed by atoms with Crippen LogP contribution in [-0.2, 0) is 19.2 Å². The first kappa shape index (κ1) is 19.7. The van der Waals surface area contributed by atoms with Gasteiger partial charge in [0.15, 0.2) is 5.94 Å². The monoisotopic (exact) mass is 384 g/mol. The highest BCUT2D eigenvalue weighted by atomic mass is 16.6. The van der Waals surface area contributed by atoms with Crippen LogP contribution < -0.4 is 10.2 Å². The van der Waals surface area contributed by atoms with Gasteiger partial charge in [0.2, 0.25) is 5.76 Å². The van der Waals surface area contributed by atoms with E-state index in [1.807, 2.05) is 24.3 Å². The summed E-state index contributed by atoms with van der Waals surface area (Å²) >= 11 is 0. The SMILES string of the molecule is CCCCCC1OC(=C=O)C(C(=O)NOC)=C1c1cc2cccc(OC)c2[nH]1. The van der Waals surface area contributed by atoms with Gasteiger partial charge in [0, 0.05) is 16.7 Å². The van der Waals surface area contributed by atoms with Gasteiger partial charge in [-0.15, -0.1) is 0 Å². The summed E-state index contributed by atoms with van der Waals surface area (Å²) in [6.07, 6.45) is 3.28. The lowest BCUT2D eigenvalue weighted by atomic mass is 9.97.